The SMILES string of the molecule is CCCN1CCC(C2=C(C#N)C(c3cccc4c3=NOC(C)CC=4)/C(=C/N)C(C)([NH3+])N2)CC1. The van der Waals surface area contributed by atoms with Gasteiger partial charge in [0, 0.05) is 36.7 Å². The van der Waals surface area contributed by atoms with Crippen LogP contribution >= 0.6 is 0 Å². The minimum atomic E-state index is -0.624. The second kappa shape index (κ2) is 9.58. The molecule has 7 heteroatoms. The average Bonchev–Trinajstić information content (AvgIpc) is 3.00. The van der Waals surface area contributed by atoms with Crippen LogP contribution in [0.4, 0.5) is 0 Å². The van der Waals surface area contributed by atoms with Crippen molar-refractivity contribution in [3.05, 3.63) is 57.4 Å². The van der Waals surface area contributed by atoms with E-state index < -0.39 is 5.66 Å². The molecule has 3 aliphatic rings. The Labute approximate surface area is 196 Å². The van der Waals surface area contributed by atoms with Gasteiger partial charge in [0.15, 0.2) is 5.66 Å². The van der Waals surface area contributed by atoms with E-state index in [9.17, 15) is 5.26 Å². The number of likely N-dealkylation sites (tertiary alicyclic amines) is 1. The Balaban J connectivity index is 1.85. The third-order valence-corrected chi connectivity index (χ3v) is 7.18. The van der Waals surface area contributed by atoms with Crippen molar-refractivity contribution in [2.24, 2.45) is 16.8 Å². The Morgan fingerprint density at radius 2 is 2.15 bits per heavy atom. The number of hydrogen-bond acceptors (Lipinski definition) is 6. The molecule has 3 aliphatic heterocycles. The minimum absolute atomic E-state index is 0.00995. The van der Waals surface area contributed by atoms with Gasteiger partial charge in [-0.3, -0.25) is 0 Å². The van der Waals surface area contributed by atoms with Gasteiger partial charge in [-0.2, -0.15) is 5.26 Å². The molecule has 0 saturated carbocycles. The van der Waals surface area contributed by atoms with Crippen LogP contribution in [0.3, 0.4) is 0 Å². The molecule has 6 N–H and O–H groups in total. The van der Waals surface area contributed by atoms with Crippen molar-refractivity contribution in [3.8, 4) is 6.07 Å². The summed E-state index contributed by atoms with van der Waals surface area (Å²) in [6.07, 6.45) is 7.81. The lowest BCUT2D eigenvalue weighted by Crippen LogP contribution is -2.80. The third-order valence-electron chi connectivity index (χ3n) is 7.18. The maximum atomic E-state index is 10.4. The summed E-state index contributed by atoms with van der Waals surface area (Å²) in [5.74, 6) is -0.00530. The summed E-state index contributed by atoms with van der Waals surface area (Å²) in [5, 5.41) is 20.4. The number of nitrogens with two attached hydrogens (primary N) is 1. The van der Waals surface area contributed by atoms with Crippen molar-refractivity contribution in [3.63, 3.8) is 0 Å². The van der Waals surface area contributed by atoms with E-state index >= 15 is 0 Å². The third kappa shape index (κ3) is 4.50. The van der Waals surface area contributed by atoms with Gasteiger partial charge in [-0.15, -0.1) is 0 Å². The average molecular weight is 450 g/mol. The van der Waals surface area contributed by atoms with Crippen molar-refractivity contribution in [2.75, 3.05) is 19.6 Å². The van der Waals surface area contributed by atoms with E-state index in [4.69, 9.17) is 10.6 Å². The molecule has 0 spiro atoms. The number of fused-ring (bicyclic) bond motifs is 1. The molecule has 1 saturated heterocycles. The van der Waals surface area contributed by atoms with E-state index in [1.54, 1.807) is 6.20 Å². The summed E-state index contributed by atoms with van der Waals surface area (Å²) in [6.45, 7) is 9.52. The van der Waals surface area contributed by atoms with Crippen molar-refractivity contribution < 1.29 is 10.6 Å². The molecule has 7 nitrogen and oxygen atoms in total. The van der Waals surface area contributed by atoms with Gasteiger partial charge in [-0.25, -0.2) is 0 Å². The van der Waals surface area contributed by atoms with Gasteiger partial charge >= 0.3 is 0 Å². The Morgan fingerprint density at radius 3 is 2.82 bits per heavy atom. The monoisotopic (exact) mass is 449 g/mol. The summed E-state index contributed by atoms with van der Waals surface area (Å²) in [4.78, 5) is 8.25. The first kappa shape index (κ1) is 23.3. The van der Waals surface area contributed by atoms with Gasteiger partial charge in [0.1, 0.15) is 11.5 Å². The fourth-order valence-electron chi connectivity index (χ4n) is 5.44. The highest BCUT2D eigenvalue weighted by molar-refractivity contribution is 5.52. The number of benzene rings is 1. The second-order valence-electron chi connectivity index (χ2n) is 9.80. The molecule has 0 bridgehead atoms. The molecule has 0 amide bonds. The van der Waals surface area contributed by atoms with Crippen LogP contribution < -0.4 is 27.4 Å². The number of nitrogens with zero attached hydrogens (tertiary/aromatic N) is 3. The Kier molecular flexibility index (Phi) is 6.78. The van der Waals surface area contributed by atoms with Crippen molar-refractivity contribution in [1.82, 2.24) is 10.2 Å². The zero-order valence-corrected chi connectivity index (χ0v) is 20.1. The van der Waals surface area contributed by atoms with Crippen LogP contribution in [0.1, 0.15) is 57.9 Å². The fourth-order valence-corrected chi connectivity index (χ4v) is 5.44. The first-order valence-corrected chi connectivity index (χ1v) is 12.1. The molecule has 0 radical (unpaired) electrons. The molecule has 33 heavy (non-hydrogen) atoms. The van der Waals surface area contributed by atoms with Crippen LogP contribution in [0, 0.1) is 17.2 Å². The van der Waals surface area contributed by atoms with Crippen molar-refractivity contribution in [1.29, 1.82) is 5.26 Å². The van der Waals surface area contributed by atoms with Crippen LogP contribution in [-0.2, 0) is 4.84 Å². The van der Waals surface area contributed by atoms with Gasteiger partial charge in [0.2, 0.25) is 0 Å². The van der Waals surface area contributed by atoms with E-state index in [0.717, 1.165) is 71.9 Å². The van der Waals surface area contributed by atoms with Crippen LogP contribution in [0.2, 0.25) is 0 Å². The smallest absolute Gasteiger partial charge is 0.189 e. The zero-order chi connectivity index (χ0) is 23.6. The Bertz CT molecular complexity index is 1100. The van der Waals surface area contributed by atoms with Crippen LogP contribution in [-0.4, -0.2) is 36.3 Å². The molecule has 1 aromatic rings. The highest BCUT2D eigenvalue weighted by Gasteiger charge is 2.45. The molecule has 3 atom stereocenters. The molecule has 3 unspecified atom stereocenters. The fraction of sp³-hybridized carbons (Fsp3) is 0.538. The lowest BCUT2D eigenvalue weighted by atomic mass is 9.73. The van der Waals surface area contributed by atoms with Crippen LogP contribution in [0.15, 0.2) is 46.4 Å². The molecule has 1 aromatic carbocycles. The lowest BCUT2D eigenvalue weighted by molar-refractivity contribution is -0.467. The highest BCUT2D eigenvalue weighted by atomic mass is 16.6. The summed E-state index contributed by atoms with van der Waals surface area (Å²) in [6, 6.07) is 8.69. The standard InChI is InChI=1S/C26H36N6O/c1-4-12-32-13-10-19(11-14-32)24-21(15-27)23(22(16-28)26(3,29)30-24)20-7-5-6-18-9-8-17(2)33-31-25(18)20/h5-7,9,16-17,19,23,30H,4,8,10-14,28-29H2,1-3H3/p+1/b22-16-. The largest absolute Gasteiger partial charge is 0.404 e. The number of nitrogens with one attached hydrogen (secondary N) is 1. The molecule has 3 heterocycles. The molecule has 4 rings (SSSR count). The number of allylic oxidation sites excluding steroid dienone is 2. The molecular weight excluding hydrogens is 412 g/mol. The first-order valence-electron chi connectivity index (χ1n) is 12.1. The normalized spacial score (nSPS) is 29.7. The van der Waals surface area contributed by atoms with Gasteiger partial charge in [0.25, 0.3) is 0 Å². The lowest BCUT2D eigenvalue weighted by Gasteiger charge is -2.42. The van der Waals surface area contributed by atoms with Crippen molar-refractivity contribution >= 4 is 6.08 Å². The minimum Gasteiger partial charge on any atom is -0.404 e. The summed E-state index contributed by atoms with van der Waals surface area (Å²) in [7, 11) is 0. The van der Waals surface area contributed by atoms with E-state index in [0.29, 0.717) is 5.92 Å². The number of rotatable bonds is 4. The van der Waals surface area contributed by atoms with Crippen LogP contribution in [0.25, 0.3) is 6.08 Å². The molecule has 1 fully saturated rings. The highest BCUT2D eigenvalue weighted by Crippen LogP contribution is 2.42. The van der Waals surface area contributed by atoms with E-state index in [2.05, 4.69) is 46.2 Å². The van der Waals surface area contributed by atoms with Gasteiger partial charge < -0.3 is 26.5 Å². The summed E-state index contributed by atoms with van der Waals surface area (Å²) >= 11 is 0. The molecule has 176 valence electrons. The molecule has 0 aliphatic carbocycles. The van der Waals surface area contributed by atoms with E-state index in [-0.39, 0.29) is 12.0 Å². The number of piperidine rings is 1. The molecule has 0 aromatic heterocycles. The summed E-state index contributed by atoms with van der Waals surface area (Å²) < 4.78 is 0. The predicted octanol–water partition coefficient (Wildman–Crippen LogP) is 1.20. The first-order chi connectivity index (χ1) is 15.9. The Hall–Kier alpha value is -2.82. The summed E-state index contributed by atoms with van der Waals surface area (Å²) in [5.41, 5.74) is 13.6. The second-order valence-corrected chi connectivity index (χ2v) is 9.80. The maximum absolute atomic E-state index is 10.4. The number of hydrogen-bond donors (Lipinski definition) is 3. The predicted molar refractivity (Wildman–Crippen MR) is 128 cm³/mol. The maximum Gasteiger partial charge on any atom is 0.189 e. The van der Waals surface area contributed by atoms with Crippen molar-refractivity contribution in [2.45, 2.75) is 64.1 Å². The zero-order valence-electron chi connectivity index (χ0n) is 20.1. The quantitative estimate of drug-likeness (QED) is 0.639. The van der Waals surface area contributed by atoms with Gasteiger partial charge in [-0.1, -0.05) is 36.4 Å². The Morgan fingerprint density at radius 1 is 1.39 bits per heavy atom. The van der Waals surface area contributed by atoms with Gasteiger partial charge in [-0.05, 0) is 56.6 Å². The topological polar surface area (TPSA) is 114 Å². The van der Waals surface area contributed by atoms with E-state index in [1.165, 1.54) is 6.42 Å². The number of quaternary nitrogens is 1. The van der Waals surface area contributed by atoms with Crippen LogP contribution in [0.5, 0.6) is 0 Å². The molecular formula is C26H37N6O+. The van der Waals surface area contributed by atoms with E-state index in [1.807, 2.05) is 26.0 Å². The number of nitriles is 1. The van der Waals surface area contributed by atoms with Gasteiger partial charge in [0.05, 0.1) is 17.6 Å².